The smallest absolute Gasteiger partial charge is 0.123 e. The molecule has 65 heavy (non-hydrogen) atoms. The monoisotopic (exact) mass is 846 g/mol. The average Bonchev–Trinajstić information content (AvgIpc) is 3.73. The van der Waals surface area contributed by atoms with Crippen LogP contribution in [0.1, 0.15) is 22.6 Å². The molecule has 2 heteroatoms. The molecule has 0 amide bonds. The number of rotatable bonds is 6. The van der Waals surface area contributed by atoms with E-state index in [1.807, 2.05) is 23.5 Å². The van der Waals surface area contributed by atoms with Gasteiger partial charge >= 0.3 is 0 Å². The van der Waals surface area contributed by atoms with Crippen LogP contribution in [-0.2, 0) is 0 Å². The van der Waals surface area contributed by atoms with Crippen LogP contribution in [0.5, 0.6) is 0 Å². The van der Waals surface area contributed by atoms with Gasteiger partial charge in [-0.3, -0.25) is 0 Å². The van der Waals surface area contributed by atoms with Crippen LogP contribution < -0.4 is 0 Å². The highest BCUT2D eigenvalue weighted by Gasteiger charge is 2.22. The molecule has 0 fully saturated rings. The average molecular weight is 847 g/mol. The molecule has 0 saturated carbocycles. The van der Waals surface area contributed by atoms with Crippen molar-refractivity contribution in [3.05, 3.63) is 253 Å². The molecule has 1 aromatic heterocycles. The van der Waals surface area contributed by atoms with E-state index in [2.05, 4.69) is 206 Å². The first-order valence-corrected chi connectivity index (χ1v) is 23.1. The summed E-state index contributed by atoms with van der Waals surface area (Å²) in [5.74, 6) is -0.286. The summed E-state index contributed by atoms with van der Waals surface area (Å²) in [6, 6.07) is 83.1. The van der Waals surface area contributed by atoms with Crippen molar-refractivity contribution >= 4 is 85.4 Å². The molecule has 1 heterocycles. The summed E-state index contributed by atoms with van der Waals surface area (Å²) in [5, 5.41) is 14.9. The third kappa shape index (κ3) is 6.17. The van der Waals surface area contributed by atoms with Gasteiger partial charge in [0.1, 0.15) is 5.82 Å². The van der Waals surface area contributed by atoms with E-state index in [9.17, 15) is 4.39 Å². The van der Waals surface area contributed by atoms with Crippen molar-refractivity contribution in [2.45, 2.75) is 5.92 Å². The number of thiophene rings is 1. The van der Waals surface area contributed by atoms with Gasteiger partial charge in [-0.15, -0.1) is 11.3 Å². The van der Waals surface area contributed by atoms with Crippen molar-refractivity contribution in [2.24, 2.45) is 0 Å². The lowest BCUT2D eigenvalue weighted by molar-refractivity contribution is 0.627. The summed E-state index contributed by atoms with van der Waals surface area (Å²) in [6.07, 6.45) is 0. The standard InChI is InChI=1S/C63H39FS/c64-46-31-26-42(27-32-46)61(52-23-9-15-39-12-1-4-18-47(39)52)45-30-34-51-50-33-28-44(37-59(50)65-60(51)38-45)43-29-35-57-58(36-43)63(54-25-11-17-41-14-3-6-20-49(41)54)56-22-8-7-21-55(56)62(57)53-24-10-16-40-13-2-5-19-48(40)53/h1-38,61H. The van der Waals surface area contributed by atoms with Gasteiger partial charge in [0.05, 0.1) is 0 Å². The molecule has 0 aliphatic heterocycles. The lowest BCUT2D eigenvalue weighted by Gasteiger charge is -2.21. The van der Waals surface area contributed by atoms with E-state index in [1.54, 1.807) is 12.1 Å². The van der Waals surface area contributed by atoms with Gasteiger partial charge in [-0.05, 0) is 134 Å². The highest BCUT2D eigenvalue weighted by Crippen LogP contribution is 2.48. The molecule has 0 nitrogen and oxygen atoms in total. The normalized spacial score (nSPS) is 12.3. The van der Waals surface area contributed by atoms with Crippen LogP contribution in [0, 0.1) is 5.82 Å². The number of hydrogen-bond donors (Lipinski definition) is 0. The van der Waals surface area contributed by atoms with E-state index < -0.39 is 0 Å². The minimum absolute atomic E-state index is 0.0600. The number of halogens is 1. The van der Waals surface area contributed by atoms with E-state index in [-0.39, 0.29) is 11.7 Å². The summed E-state index contributed by atoms with van der Waals surface area (Å²) in [5.41, 5.74) is 10.9. The van der Waals surface area contributed by atoms with Crippen LogP contribution in [0.4, 0.5) is 4.39 Å². The molecule has 0 bridgehead atoms. The van der Waals surface area contributed by atoms with Crippen LogP contribution in [0.15, 0.2) is 231 Å². The van der Waals surface area contributed by atoms with E-state index in [1.165, 1.54) is 119 Å². The van der Waals surface area contributed by atoms with Crippen molar-refractivity contribution in [1.82, 2.24) is 0 Å². The second-order valence-electron chi connectivity index (χ2n) is 17.2. The van der Waals surface area contributed by atoms with Gasteiger partial charge in [-0.2, -0.15) is 0 Å². The summed E-state index contributed by atoms with van der Waals surface area (Å²) in [6.45, 7) is 0. The molecular formula is C63H39FS. The maximum absolute atomic E-state index is 14.3. The van der Waals surface area contributed by atoms with Crippen LogP contribution >= 0.6 is 11.3 Å². The Morgan fingerprint density at radius 2 is 0.754 bits per heavy atom. The Balaban J connectivity index is 1.01. The van der Waals surface area contributed by atoms with Gasteiger partial charge in [0, 0.05) is 26.1 Å². The molecule has 304 valence electrons. The molecule has 13 rings (SSSR count). The SMILES string of the molecule is Fc1ccc(C(c2ccc3c(c2)sc2cc(-c4ccc5c(-c6cccc7ccccc67)c6ccccc6c(-c6cccc7ccccc67)c5c4)ccc23)c2cccc3ccccc23)cc1. The number of benzene rings is 12. The molecule has 0 aliphatic rings. The zero-order valence-corrected chi connectivity index (χ0v) is 36.1. The summed E-state index contributed by atoms with van der Waals surface area (Å²) in [7, 11) is 0. The van der Waals surface area contributed by atoms with Crippen molar-refractivity contribution in [3.63, 3.8) is 0 Å². The second-order valence-corrected chi connectivity index (χ2v) is 18.3. The summed E-state index contributed by atoms with van der Waals surface area (Å²) in [4.78, 5) is 0. The Hall–Kier alpha value is -7.91. The lowest BCUT2D eigenvalue weighted by atomic mass is 9.82. The zero-order chi connectivity index (χ0) is 43.0. The third-order valence-corrected chi connectivity index (χ3v) is 14.8. The van der Waals surface area contributed by atoms with E-state index in [0.717, 1.165) is 5.56 Å². The first kappa shape index (κ1) is 37.6. The maximum atomic E-state index is 14.3. The van der Waals surface area contributed by atoms with E-state index in [0.29, 0.717) is 0 Å². The van der Waals surface area contributed by atoms with Gasteiger partial charge in [0.25, 0.3) is 0 Å². The Morgan fingerprint density at radius 3 is 1.40 bits per heavy atom. The maximum Gasteiger partial charge on any atom is 0.123 e. The zero-order valence-electron chi connectivity index (χ0n) is 35.3. The molecule has 0 spiro atoms. The summed E-state index contributed by atoms with van der Waals surface area (Å²) >= 11 is 1.85. The molecule has 0 aliphatic carbocycles. The Labute approximate surface area is 380 Å². The topological polar surface area (TPSA) is 0 Å². The van der Waals surface area contributed by atoms with Gasteiger partial charge < -0.3 is 0 Å². The van der Waals surface area contributed by atoms with Crippen LogP contribution in [0.25, 0.3) is 107 Å². The predicted octanol–water partition coefficient (Wildman–Crippen LogP) is 18.1. The largest absolute Gasteiger partial charge is 0.207 e. The van der Waals surface area contributed by atoms with Crippen LogP contribution in [-0.4, -0.2) is 0 Å². The molecule has 0 saturated heterocycles. The first-order valence-electron chi connectivity index (χ1n) is 22.3. The fourth-order valence-corrected chi connectivity index (χ4v) is 11.9. The minimum Gasteiger partial charge on any atom is -0.207 e. The molecule has 1 unspecified atom stereocenters. The van der Waals surface area contributed by atoms with Gasteiger partial charge in [-0.1, -0.05) is 200 Å². The van der Waals surface area contributed by atoms with E-state index in [4.69, 9.17) is 0 Å². The first-order chi connectivity index (χ1) is 32.1. The predicted molar refractivity (Wildman–Crippen MR) is 277 cm³/mol. The third-order valence-electron chi connectivity index (χ3n) is 13.6. The van der Waals surface area contributed by atoms with Crippen molar-refractivity contribution in [3.8, 4) is 33.4 Å². The van der Waals surface area contributed by atoms with Crippen molar-refractivity contribution in [2.75, 3.05) is 0 Å². The van der Waals surface area contributed by atoms with Gasteiger partial charge in [-0.25, -0.2) is 4.39 Å². The Kier molecular flexibility index (Phi) is 8.76. The Bertz CT molecular complexity index is 4010. The van der Waals surface area contributed by atoms with Crippen molar-refractivity contribution < 1.29 is 4.39 Å². The fourth-order valence-electron chi connectivity index (χ4n) is 10.7. The van der Waals surface area contributed by atoms with E-state index >= 15 is 0 Å². The highest BCUT2D eigenvalue weighted by molar-refractivity contribution is 7.25. The quantitative estimate of drug-likeness (QED) is 0.116. The molecule has 0 radical (unpaired) electrons. The lowest BCUT2D eigenvalue weighted by Crippen LogP contribution is -2.04. The Morgan fingerprint density at radius 1 is 0.308 bits per heavy atom. The minimum atomic E-state index is -0.226. The van der Waals surface area contributed by atoms with Gasteiger partial charge in [0.15, 0.2) is 0 Å². The van der Waals surface area contributed by atoms with Crippen LogP contribution in [0.2, 0.25) is 0 Å². The molecule has 12 aromatic carbocycles. The highest BCUT2D eigenvalue weighted by atomic mass is 32.1. The molecule has 1 atom stereocenters. The molecular weight excluding hydrogens is 808 g/mol. The van der Waals surface area contributed by atoms with Crippen LogP contribution in [0.3, 0.4) is 0 Å². The van der Waals surface area contributed by atoms with Crippen molar-refractivity contribution in [1.29, 1.82) is 0 Å². The number of hydrogen-bond acceptors (Lipinski definition) is 1. The number of fused-ring (bicyclic) bond motifs is 8. The van der Waals surface area contributed by atoms with Gasteiger partial charge in [0.2, 0.25) is 0 Å². The second kappa shape index (κ2) is 15.1. The summed E-state index contributed by atoms with van der Waals surface area (Å²) < 4.78 is 16.8. The molecule has 0 N–H and O–H groups in total. The fraction of sp³-hybridized carbons (Fsp3) is 0.0159. The molecule has 13 aromatic rings.